The number of aromatic nitrogens is 1. The van der Waals surface area contributed by atoms with E-state index in [4.69, 9.17) is 23.2 Å². The van der Waals surface area contributed by atoms with Gasteiger partial charge in [-0.25, -0.2) is 14.2 Å². The minimum atomic E-state index is -0.932. The average molecular weight is 224 g/mol. The molecule has 1 heterocycles. The standard InChI is InChI=1S/C7H4Cl2FNO2/c1-13-7(12)3-2-4(8)11-6(9)5(3)10/h2H,1H3. The van der Waals surface area contributed by atoms with Gasteiger partial charge in [0.2, 0.25) is 0 Å². The highest BCUT2D eigenvalue weighted by Crippen LogP contribution is 2.20. The second kappa shape index (κ2) is 3.89. The van der Waals surface area contributed by atoms with Gasteiger partial charge in [0.1, 0.15) is 10.7 Å². The fraction of sp³-hybridized carbons (Fsp3) is 0.143. The summed E-state index contributed by atoms with van der Waals surface area (Å²) < 4.78 is 17.4. The number of hydrogen-bond acceptors (Lipinski definition) is 3. The van der Waals surface area contributed by atoms with Crippen molar-refractivity contribution in [2.45, 2.75) is 0 Å². The van der Waals surface area contributed by atoms with E-state index in [-0.39, 0.29) is 10.7 Å². The molecule has 0 N–H and O–H groups in total. The molecular weight excluding hydrogens is 220 g/mol. The number of esters is 1. The third-order valence-corrected chi connectivity index (χ3v) is 1.74. The fourth-order valence-electron chi connectivity index (χ4n) is 0.727. The third-order valence-electron chi connectivity index (χ3n) is 1.29. The van der Waals surface area contributed by atoms with E-state index in [0.29, 0.717) is 0 Å². The molecule has 0 saturated heterocycles. The van der Waals surface area contributed by atoms with Gasteiger partial charge in [0.05, 0.1) is 7.11 Å². The van der Waals surface area contributed by atoms with Gasteiger partial charge < -0.3 is 4.74 Å². The monoisotopic (exact) mass is 223 g/mol. The first kappa shape index (κ1) is 10.2. The zero-order valence-corrected chi connectivity index (χ0v) is 7.99. The summed E-state index contributed by atoms with van der Waals surface area (Å²) in [6, 6.07) is 1.05. The van der Waals surface area contributed by atoms with Crippen molar-refractivity contribution in [2.24, 2.45) is 0 Å². The van der Waals surface area contributed by atoms with Crippen molar-refractivity contribution in [2.75, 3.05) is 7.11 Å². The number of rotatable bonds is 1. The van der Waals surface area contributed by atoms with Crippen LogP contribution in [0.2, 0.25) is 10.3 Å². The van der Waals surface area contributed by atoms with E-state index in [2.05, 4.69) is 9.72 Å². The molecule has 0 amide bonds. The molecular formula is C7H4Cl2FNO2. The molecule has 0 aromatic carbocycles. The van der Waals surface area contributed by atoms with Gasteiger partial charge in [-0.3, -0.25) is 0 Å². The number of nitrogens with zero attached hydrogens (tertiary/aromatic N) is 1. The van der Waals surface area contributed by atoms with Gasteiger partial charge in [0.15, 0.2) is 11.0 Å². The Bertz CT molecular complexity index is 357. The van der Waals surface area contributed by atoms with Gasteiger partial charge in [0, 0.05) is 0 Å². The van der Waals surface area contributed by atoms with E-state index in [9.17, 15) is 9.18 Å². The van der Waals surface area contributed by atoms with E-state index >= 15 is 0 Å². The minimum Gasteiger partial charge on any atom is -0.465 e. The van der Waals surface area contributed by atoms with Crippen LogP contribution >= 0.6 is 23.2 Å². The normalized spacial score (nSPS) is 9.85. The average Bonchev–Trinajstić information content (AvgIpc) is 2.10. The van der Waals surface area contributed by atoms with E-state index in [1.54, 1.807) is 0 Å². The Morgan fingerprint density at radius 2 is 2.23 bits per heavy atom. The number of hydrogen-bond donors (Lipinski definition) is 0. The summed E-state index contributed by atoms with van der Waals surface area (Å²) in [7, 11) is 1.13. The Morgan fingerprint density at radius 1 is 1.62 bits per heavy atom. The van der Waals surface area contributed by atoms with Gasteiger partial charge in [0.25, 0.3) is 0 Å². The Kier molecular flexibility index (Phi) is 3.06. The smallest absolute Gasteiger partial charge is 0.341 e. The molecule has 0 unspecified atom stereocenters. The lowest BCUT2D eigenvalue weighted by Crippen LogP contribution is -2.05. The first-order chi connectivity index (χ1) is 6.06. The zero-order valence-electron chi connectivity index (χ0n) is 6.47. The van der Waals surface area contributed by atoms with Crippen LogP contribution in [0.5, 0.6) is 0 Å². The molecule has 13 heavy (non-hydrogen) atoms. The van der Waals surface area contributed by atoms with Crippen molar-refractivity contribution in [1.82, 2.24) is 4.98 Å². The number of pyridine rings is 1. The van der Waals surface area contributed by atoms with Crippen LogP contribution in [0.15, 0.2) is 6.07 Å². The SMILES string of the molecule is COC(=O)c1cc(Cl)nc(Cl)c1F. The summed E-state index contributed by atoms with van der Waals surface area (Å²) in [5.74, 6) is -1.78. The third kappa shape index (κ3) is 2.08. The molecule has 0 aliphatic rings. The Hall–Kier alpha value is -0.870. The molecule has 1 rings (SSSR count). The highest BCUT2D eigenvalue weighted by Gasteiger charge is 2.17. The molecule has 70 valence electrons. The van der Waals surface area contributed by atoms with Crippen molar-refractivity contribution in [3.05, 3.63) is 27.8 Å². The van der Waals surface area contributed by atoms with Crippen LogP contribution < -0.4 is 0 Å². The maximum absolute atomic E-state index is 13.1. The highest BCUT2D eigenvalue weighted by atomic mass is 35.5. The molecule has 6 heteroatoms. The number of ether oxygens (including phenoxy) is 1. The van der Waals surface area contributed by atoms with Crippen LogP contribution in [0.1, 0.15) is 10.4 Å². The molecule has 0 aliphatic carbocycles. The lowest BCUT2D eigenvalue weighted by atomic mass is 10.2. The first-order valence-electron chi connectivity index (χ1n) is 3.16. The number of carbonyl (C=O) groups excluding carboxylic acids is 1. The van der Waals surface area contributed by atoms with Crippen LogP contribution in [-0.4, -0.2) is 18.1 Å². The van der Waals surface area contributed by atoms with Crippen LogP contribution in [0.3, 0.4) is 0 Å². The topological polar surface area (TPSA) is 39.2 Å². The van der Waals surface area contributed by atoms with Crippen molar-refractivity contribution >= 4 is 29.2 Å². The largest absolute Gasteiger partial charge is 0.465 e. The molecule has 0 radical (unpaired) electrons. The lowest BCUT2D eigenvalue weighted by Gasteiger charge is -2.02. The predicted molar refractivity (Wildman–Crippen MR) is 45.6 cm³/mol. The maximum Gasteiger partial charge on any atom is 0.341 e. The quantitative estimate of drug-likeness (QED) is 0.542. The van der Waals surface area contributed by atoms with Crippen molar-refractivity contribution in [3.63, 3.8) is 0 Å². The van der Waals surface area contributed by atoms with Crippen LogP contribution in [0, 0.1) is 5.82 Å². The predicted octanol–water partition coefficient (Wildman–Crippen LogP) is 2.31. The Labute approximate surface area is 83.4 Å². The first-order valence-corrected chi connectivity index (χ1v) is 3.91. The van der Waals surface area contributed by atoms with Gasteiger partial charge in [-0.2, -0.15) is 0 Å². The molecule has 0 bridgehead atoms. The zero-order chi connectivity index (χ0) is 10.0. The van der Waals surface area contributed by atoms with Crippen molar-refractivity contribution < 1.29 is 13.9 Å². The molecule has 1 aromatic heterocycles. The van der Waals surface area contributed by atoms with Crippen LogP contribution in [0.25, 0.3) is 0 Å². The molecule has 0 aliphatic heterocycles. The summed E-state index contributed by atoms with van der Waals surface area (Å²) in [6.07, 6.45) is 0. The van der Waals surface area contributed by atoms with Gasteiger partial charge >= 0.3 is 5.97 Å². The van der Waals surface area contributed by atoms with Crippen LogP contribution in [-0.2, 0) is 4.74 Å². The number of halogens is 3. The molecule has 3 nitrogen and oxygen atoms in total. The second-order valence-electron chi connectivity index (χ2n) is 2.09. The molecule has 0 saturated carbocycles. The van der Waals surface area contributed by atoms with Gasteiger partial charge in [-0.1, -0.05) is 23.2 Å². The van der Waals surface area contributed by atoms with Crippen molar-refractivity contribution in [1.29, 1.82) is 0 Å². The molecule has 1 aromatic rings. The summed E-state index contributed by atoms with van der Waals surface area (Å²) in [5, 5.41) is -0.514. The van der Waals surface area contributed by atoms with Gasteiger partial charge in [-0.15, -0.1) is 0 Å². The van der Waals surface area contributed by atoms with Crippen molar-refractivity contribution in [3.8, 4) is 0 Å². The molecule has 0 spiro atoms. The Balaban J connectivity index is 3.28. The number of methoxy groups -OCH3 is 1. The molecule has 0 atom stereocenters. The highest BCUT2D eigenvalue weighted by molar-refractivity contribution is 6.33. The van der Waals surface area contributed by atoms with E-state index < -0.39 is 16.9 Å². The van der Waals surface area contributed by atoms with E-state index in [0.717, 1.165) is 13.2 Å². The summed E-state index contributed by atoms with van der Waals surface area (Å²) in [4.78, 5) is 14.3. The molecule has 0 fully saturated rings. The minimum absolute atomic E-state index is 0.0631. The summed E-state index contributed by atoms with van der Waals surface area (Å²) in [6.45, 7) is 0. The lowest BCUT2D eigenvalue weighted by molar-refractivity contribution is 0.0595. The van der Waals surface area contributed by atoms with Gasteiger partial charge in [-0.05, 0) is 6.07 Å². The summed E-state index contributed by atoms with van der Waals surface area (Å²) >= 11 is 10.8. The maximum atomic E-state index is 13.1. The van der Waals surface area contributed by atoms with E-state index in [1.807, 2.05) is 0 Å². The summed E-state index contributed by atoms with van der Waals surface area (Å²) in [5.41, 5.74) is -0.326. The Morgan fingerprint density at radius 3 is 2.77 bits per heavy atom. The second-order valence-corrected chi connectivity index (χ2v) is 2.83. The van der Waals surface area contributed by atoms with E-state index in [1.165, 1.54) is 0 Å². The number of carbonyl (C=O) groups is 1. The fourth-order valence-corrected chi connectivity index (χ4v) is 1.16. The van der Waals surface area contributed by atoms with Crippen LogP contribution in [0.4, 0.5) is 4.39 Å².